The van der Waals surface area contributed by atoms with Crippen LogP contribution in [-0.2, 0) is 11.2 Å². The Balaban J connectivity index is 1.63. The molecule has 0 aliphatic heterocycles. The average Bonchev–Trinajstić information content (AvgIpc) is 3.23. The van der Waals surface area contributed by atoms with Gasteiger partial charge in [0.2, 0.25) is 0 Å². The summed E-state index contributed by atoms with van der Waals surface area (Å²) in [6.45, 7) is 0. The molecule has 0 N–H and O–H groups in total. The summed E-state index contributed by atoms with van der Waals surface area (Å²) in [5, 5.41) is 0. The van der Waals surface area contributed by atoms with Gasteiger partial charge in [0.1, 0.15) is 11.6 Å². The van der Waals surface area contributed by atoms with Gasteiger partial charge in [-0.25, -0.2) is 4.39 Å². The highest BCUT2D eigenvalue weighted by molar-refractivity contribution is 5.86. The summed E-state index contributed by atoms with van der Waals surface area (Å²) in [7, 11) is 0. The summed E-state index contributed by atoms with van der Waals surface area (Å²) < 4.78 is 12.8. The molecule has 2 heteroatoms. The van der Waals surface area contributed by atoms with Gasteiger partial charge in [-0.15, -0.1) is 0 Å². The van der Waals surface area contributed by atoms with E-state index in [1.807, 2.05) is 18.2 Å². The number of carbonyl (C=O) groups is 1. The van der Waals surface area contributed by atoms with E-state index in [1.165, 1.54) is 17.7 Å². The molecule has 1 aliphatic carbocycles. The fourth-order valence-electron chi connectivity index (χ4n) is 2.55. The predicted molar refractivity (Wildman–Crippen MR) is 72.4 cm³/mol. The molecule has 1 saturated carbocycles. The first-order valence-electron chi connectivity index (χ1n) is 6.56. The number of hydrogen-bond donors (Lipinski definition) is 0. The maximum Gasteiger partial charge on any atom is 0.140 e. The van der Waals surface area contributed by atoms with Crippen LogP contribution in [0.1, 0.15) is 23.5 Å². The van der Waals surface area contributed by atoms with Crippen molar-refractivity contribution in [3.8, 4) is 0 Å². The summed E-state index contributed by atoms with van der Waals surface area (Å²) in [6.07, 6.45) is 1.36. The van der Waals surface area contributed by atoms with Gasteiger partial charge in [-0.05, 0) is 35.6 Å². The molecular weight excluding hydrogens is 239 g/mol. The second kappa shape index (κ2) is 4.96. The standard InChI is InChI=1S/C17H15FO/c18-14-8-6-12(7-9-14)10-17(19)16-11-15(16)13-4-2-1-3-5-13/h1-9,15-16H,10-11H2. The van der Waals surface area contributed by atoms with Crippen molar-refractivity contribution in [1.29, 1.82) is 0 Å². The Kier molecular flexibility index (Phi) is 3.16. The van der Waals surface area contributed by atoms with E-state index in [1.54, 1.807) is 12.1 Å². The van der Waals surface area contributed by atoms with Crippen LogP contribution in [0.5, 0.6) is 0 Å². The first-order chi connectivity index (χ1) is 9.24. The molecule has 3 rings (SSSR count). The maximum atomic E-state index is 12.8. The highest BCUT2D eigenvalue weighted by Crippen LogP contribution is 2.48. The molecule has 0 aromatic heterocycles. The van der Waals surface area contributed by atoms with Crippen LogP contribution in [0.15, 0.2) is 54.6 Å². The molecule has 96 valence electrons. The zero-order valence-corrected chi connectivity index (χ0v) is 10.6. The lowest BCUT2D eigenvalue weighted by Crippen LogP contribution is -2.06. The van der Waals surface area contributed by atoms with Gasteiger partial charge in [0, 0.05) is 12.3 Å². The number of benzene rings is 2. The van der Waals surface area contributed by atoms with Crippen molar-refractivity contribution < 1.29 is 9.18 Å². The number of halogens is 1. The largest absolute Gasteiger partial charge is 0.299 e. The minimum atomic E-state index is -0.259. The monoisotopic (exact) mass is 254 g/mol. The third kappa shape index (κ3) is 2.73. The molecule has 0 amide bonds. The molecule has 2 aromatic carbocycles. The van der Waals surface area contributed by atoms with Crippen molar-refractivity contribution in [3.63, 3.8) is 0 Å². The number of rotatable bonds is 4. The summed E-state index contributed by atoms with van der Waals surface area (Å²) in [6, 6.07) is 16.4. The lowest BCUT2D eigenvalue weighted by atomic mass is 10.0. The van der Waals surface area contributed by atoms with E-state index in [2.05, 4.69) is 12.1 Å². The minimum absolute atomic E-state index is 0.146. The molecular formula is C17H15FO. The van der Waals surface area contributed by atoms with Gasteiger partial charge in [-0.1, -0.05) is 42.5 Å². The lowest BCUT2D eigenvalue weighted by Gasteiger charge is -2.01. The Morgan fingerprint density at radius 2 is 1.74 bits per heavy atom. The van der Waals surface area contributed by atoms with Crippen molar-refractivity contribution in [3.05, 3.63) is 71.5 Å². The summed E-state index contributed by atoms with van der Waals surface area (Å²) in [5.41, 5.74) is 2.14. The number of Topliss-reactive ketones (excluding diaryl/α,β-unsaturated/α-hetero) is 1. The number of hydrogen-bond acceptors (Lipinski definition) is 1. The van der Waals surface area contributed by atoms with Crippen molar-refractivity contribution in [1.82, 2.24) is 0 Å². The third-order valence-corrected chi connectivity index (χ3v) is 3.72. The van der Waals surface area contributed by atoms with E-state index in [-0.39, 0.29) is 17.5 Å². The van der Waals surface area contributed by atoms with E-state index in [4.69, 9.17) is 0 Å². The van der Waals surface area contributed by atoms with E-state index < -0.39 is 0 Å². The molecule has 1 aliphatic rings. The van der Waals surface area contributed by atoms with Crippen molar-refractivity contribution >= 4 is 5.78 Å². The second-order valence-electron chi connectivity index (χ2n) is 5.13. The topological polar surface area (TPSA) is 17.1 Å². The Morgan fingerprint density at radius 1 is 1.05 bits per heavy atom. The summed E-state index contributed by atoms with van der Waals surface area (Å²) in [5.74, 6) is 0.534. The second-order valence-corrected chi connectivity index (χ2v) is 5.13. The van der Waals surface area contributed by atoms with E-state index in [0.717, 1.165) is 12.0 Å². The van der Waals surface area contributed by atoms with Gasteiger partial charge >= 0.3 is 0 Å². The normalized spacial score (nSPS) is 21.1. The van der Waals surface area contributed by atoms with Crippen LogP contribution in [0, 0.1) is 11.7 Å². The lowest BCUT2D eigenvalue weighted by molar-refractivity contribution is -0.119. The van der Waals surface area contributed by atoms with E-state index in [0.29, 0.717) is 12.3 Å². The highest BCUT2D eigenvalue weighted by Gasteiger charge is 2.43. The van der Waals surface area contributed by atoms with Crippen molar-refractivity contribution in [2.75, 3.05) is 0 Å². The fraction of sp³-hybridized carbons (Fsp3) is 0.235. The molecule has 2 aromatic rings. The Morgan fingerprint density at radius 3 is 2.42 bits per heavy atom. The van der Waals surface area contributed by atoms with Gasteiger partial charge < -0.3 is 0 Å². The molecule has 0 bridgehead atoms. The summed E-state index contributed by atoms with van der Waals surface area (Å²) >= 11 is 0. The first kappa shape index (κ1) is 12.1. The highest BCUT2D eigenvalue weighted by atomic mass is 19.1. The first-order valence-corrected chi connectivity index (χ1v) is 6.56. The smallest absolute Gasteiger partial charge is 0.140 e. The van der Waals surface area contributed by atoms with Gasteiger partial charge in [0.05, 0.1) is 0 Å². The van der Waals surface area contributed by atoms with Crippen LogP contribution >= 0.6 is 0 Å². The molecule has 2 atom stereocenters. The van der Waals surface area contributed by atoms with Crippen LogP contribution < -0.4 is 0 Å². The molecule has 0 radical (unpaired) electrons. The molecule has 0 heterocycles. The van der Waals surface area contributed by atoms with Gasteiger partial charge in [-0.2, -0.15) is 0 Å². The molecule has 19 heavy (non-hydrogen) atoms. The van der Waals surface area contributed by atoms with E-state index >= 15 is 0 Å². The van der Waals surface area contributed by atoms with Gasteiger partial charge in [-0.3, -0.25) is 4.79 Å². The van der Waals surface area contributed by atoms with Crippen LogP contribution in [0.25, 0.3) is 0 Å². The number of carbonyl (C=O) groups excluding carboxylic acids is 1. The van der Waals surface area contributed by atoms with E-state index in [9.17, 15) is 9.18 Å². The third-order valence-electron chi connectivity index (χ3n) is 3.72. The molecule has 0 saturated heterocycles. The zero-order chi connectivity index (χ0) is 13.2. The SMILES string of the molecule is O=C(Cc1ccc(F)cc1)C1CC1c1ccccc1. The fourth-order valence-corrected chi connectivity index (χ4v) is 2.55. The van der Waals surface area contributed by atoms with Gasteiger partial charge in [0.15, 0.2) is 0 Å². The maximum absolute atomic E-state index is 12.8. The summed E-state index contributed by atoms with van der Waals surface area (Å²) in [4.78, 5) is 12.1. The molecule has 1 nitrogen and oxygen atoms in total. The Labute approximate surface area is 112 Å². The minimum Gasteiger partial charge on any atom is -0.299 e. The molecule has 2 unspecified atom stereocenters. The molecule has 1 fully saturated rings. The quantitative estimate of drug-likeness (QED) is 0.812. The Bertz CT molecular complexity index is 574. The van der Waals surface area contributed by atoms with Crippen LogP contribution in [0.4, 0.5) is 4.39 Å². The molecule has 0 spiro atoms. The Hall–Kier alpha value is -1.96. The van der Waals surface area contributed by atoms with Crippen molar-refractivity contribution in [2.45, 2.75) is 18.8 Å². The van der Waals surface area contributed by atoms with Crippen molar-refractivity contribution in [2.24, 2.45) is 5.92 Å². The predicted octanol–water partition coefficient (Wildman–Crippen LogP) is 3.74. The van der Waals surface area contributed by atoms with Crippen LogP contribution in [-0.4, -0.2) is 5.78 Å². The zero-order valence-electron chi connectivity index (χ0n) is 10.6. The average molecular weight is 254 g/mol. The number of ketones is 1. The van der Waals surface area contributed by atoms with Crippen LogP contribution in [0.2, 0.25) is 0 Å². The van der Waals surface area contributed by atoms with Crippen LogP contribution in [0.3, 0.4) is 0 Å². The van der Waals surface area contributed by atoms with Gasteiger partial charge in [0.25, 0.3) is 0 Å².